The molecule has 0 aromatic heterocycles. The van der Waals surface area contributed by atoms with Gasteiger partial charge in [0.15, 0.2) is 0 Å². The van der Waals surface area contributed by atoms with Crippen LogP contribution >= 0.6 is 0 Å². The number of benzene rings is 2. The summed E-state index contributed by atoms with van der Waals surface area (Å²) in [6.07, 6.45) is -4.82. The van der Waals surface area contributed by atoms with Crippen LogP contribution in [0.1, 0.15) is 29.5 Å². The fraction of sp³-hybridized carbons (Fsp3) is 0.350. The van der Waals surface area contributed by atoms with E-state index in [0.717, 1.165) is 17.7 Å². The largest absolute Gasteiger partial charge is 0.481 e. The number of nitrogens with zero attached hydrogens (tertiary/aromatic N) is 1. The van der Waals surface area contributed by atoms with Crippen LogP contribution in [0.25, 0.3) is 0 Å². The van der Waals surface area contributed by atoms with E-state index in [2.05, 4.69) is 0 Å². The van der Waals surface area contributed by atoms with E-state index in [9.17, 15) is 31.5 Å². The lowest BCUT2D eigenvalue weighted by atomic mass is 9.73. The monoisotopic (exact) mass is 427 g/mol. The summed E-state index contributed by atoms with van der Waals surface area (Å²) in [7, 11) is -3.81. The molecular weight excluding hydrogens is 407 g/mol. The molecule has 2 aromatic carbocycles. The van der Waals surface area contributed by atoms with Crippen LogP contribution < -0.4 is 0 Å². The van der Waals surface area contributed by atoms with Gasteiger partial charge < -0.3 is 5.11 Å². The second-order valence-electron chi connectivity index (χ2n) is 7.18. The van der Waals surface area contributed by atoms with Crippen molar-refractivity contribution in [3.05, 3.63) is 65.2 Å². The maximum Gasteiger partial charge on any atom is 0.416 e. The molecule has 0 bridgehead atoms. The molecule has 0 amide bonds. The van der Waals surface area contributed by atoms with Gasteiger partial charge in [0.05, 0.1) is 15.9 Å². The number of carboxylic acid groups (broad SMARTS) is 1. The molecule has 1 fully saturated rings. The van der Waals surface area contributed by atoms with Gasteiger partial charge >= 0.3 is 12.1 Å². The molecule has 156 valence electrons. The molecule has 0 aliphatic carbocycles. The minimum absolute atomic E-state index is 0.0345. The number of carbonyl (C=O) groups is 1. The van der Waals surface area contributed by atoms with Crippen molar-refractivity contribution in [2.75, 3.05) is 13.1 Å². The van der Waals surface area contributed by atoms with E-state index in [1.807, 2.05) is 6.92 Å². The molecule has 1 N–H and O–H groups in total. The Morgan fingerprint density at radius 2 is 1.66 bits per heavy atom. The van der Waals surface area contributed by atoms with Crippen LogP contribution in [0.15, 0.2) is 53.4 Å². The third-order valence-electron chi connectivity index (χ3n) is 5.39. The van der Waals surface area contributed by atoms with Crippen LogP contribution in [-0.2, 0) is 26.4 Å². The number of hydrogen-bond donors (Lipinski definition) is 1. The van der Waals surface area contributed by atoms with E-state index in [4.69, 9.17) is 0 Å². The summed E-state index contributed by atoms with van der Waals surface area (Å²) in [4.78, 5) is 12.2. The summed E-state index contributed by atoms with van der Waals surface area (Å²) < 4.78 is 66.0. The van der Waals surface area contributed by atoms with Crippen molar-refractivity contribution in [1.29, 1.82) is 0 Å². The smallest absolute Gasteiger partial charge is 0.416 e. The predicted octanol–water partition coefficient (Wildman–Crippen LogP) is 3.82. The number of rotatable bonds is 4. The molecule has 1 aliphatic rings. The van der Waals surface area contributed by atoms with E-state index in [0.29, 0.717) is 0 Å². The average Bonchev–Trinajstić information content (AvgIpc) is 2.67. The fourth-order valence-corrected chi connectivity index (χ4v) is 5.03. The molecule has 1 saturated heterocycles. The van der Waals surface area contributed by atoms with E-state index >= 15 is 0 Å². The van der Waals surface area contributed by atoms with E-state index < -0.39 is 33.1 Å². The quantitative estimate of drug-likeness (QED) is 0.805. The Hall–Kier alpha value is -2.39. The number of aryl methyl sites for hydroxylation is 1. The topological polar surface area (TPSA) is 74.7 Å². The molecule has 5 nitrogen and oxygen atoms in total. The lowest BCUT2D eigenvalue weighted by Crippen LogP contribution is -2.49. The van der Waals surface area contributed by atoms with Gasteiger partial charge in [-0.25, -0.2) is 8.42 Å². The number of hydrogen-bond acceptors (Lipinski definition) is 3. The standard InChI is InChI=1S/C20H20F3NO4S/c1-14-5-7-17(8-6-14)29(27,28)24-11-9-19(10-12-24,18(25)26)15-3-2-4-16(13-15)20(21,22)23/h2-8,13H,9-12H2,1H3,(H,25,26). The van der Waals surface area contributed by atoms with Crippen molar-refractivity contribution < 1.29 is 31.5 Å². The van der Waals surface area contributed by atoms with Crippen LogP contribution in [0.2, 0.25) is 0 Å². The number of aliphatic carboxylic acids is 1. The Balaban J connectivity index is 1.89. The second-order valence-corrected chi connectivity index (χ2v) is 9.12. The zero-order valence-electron chi connectivity index (χ0n) is 15.6. The molecule has 0 saturated carbocycles. The van der Waals surface area contributed by atoms with Crippen LogP contribution in [0.3, 0.4) is 0 Å². The fourth-order valence-electron chi connectivity index (χ4n) is 3.59. The van der Waals surface area contributed by atoms with E-state index in [1.165, 1.54) is 28.6 Å². The highest BCUT2D eigenvalue weighted by Gasteiger charge is 2.46. The van der Waals surface area contributed by atoms with Gasteiger partial charge in [-0.05, 0) is 43.5 Å². The summed E-state index contributed by atoms with van der Waals surface area (Å²) in [5, 5.41) is 9.82. The van der Waals surface area contributed by atoms with Crippen molar-refractivity contribution in [3.63, 3.8) is 0 Å². The first kappa shape index (κ1) is 21.3. The lowest BCUT2D eigenvalue weighted by molar-refractivity contribution is -0.146. The lowest BCUT2D eigenvalue weighted by Gasteiger charge is -2.38. The molecule has 0 radical (unpaired) electrons. The number of alkyl halides is 3. The maximum atomic E-state index is 13.1. The van der Waals surface area contributed by atoms with E-state index in [1.54, 1.807) is 12.1 Å². The van der Waals surface area contributed by atoms with Crippen LogP contribution in [-0.4, -0.2) is 36.9 Å². The van der Waals surface area contributed by atoms with E-state index in [-0.39, 0.29) is 36.4 Å². The van der Waals surface area contributed by atoms with Gasteiger partial charge in [-0.2, -0.15) is 17.5 Å². The predicted molar refractivity (Wildman–Crippen MR) is 99.9 cm³/mol. The van der Waals surface area contributed by atoms with Crippen molar-refractivity contribution in [3.8, 4) is 0 Å². The van der Waals surface area contributed by atoms with Crippen LogP contribution in [0, 0.1) is 6.92 Å². The highest BCUT2D eigenvalue weighted by atomic mass is 32.2. The summed E-state index contributed by atoms with van der Waals surface area (Å²) in [6, 6.07) is 10.6. The molecule has 1 aliphatic heterocycles. The minimum Gasteiger partial charge on any atom is -0.481 e. The zero-order valence-corrected chi connectivity index (χ0v) is 16.4. The van der Waals surface area contributed by atoms with Crippen molar-refractivity contribution in [1.82, 2.24) is 4.31 Å². The Bertz CT molecular complexity index is 1010. The third kappa shape index (κ3) is 4.02. The molecule has 0 atom stereocenters. The van der Waals surface area contributed by atoms with Crippen molar-refractivity contribution >= 4 is 16.0 Å². The SMILES string of the molecule is Cc1ccc(S(=O)(=O)N2CCC(C(=O)O)(c3cccc(C(F)(F)F)c3)CC2)cc1. The molecule has 1 heterocycles. The van der Waals surface area contributed by atoms with Gasteiger partial charge in [0.25, 0.3) is 0 Å². The number of piperidine rings is 1. The van der Waals surface area contributed by atoms with Gasteiger partial charge in [-0.3, -0.25) is 4.79 Å². The Morgan fingerprint density at radius 3 is 2.17 bits per heavy atom. The molecule has 9 heteroatoms. The zero-order chi connectivity index (χ0) is 21.4. The number of halogens is 3. The maximum absolute atomic E-state index is 13.1. The molecule has 29 heavy (non-hydrogen) atoms. The Morgan fingerprint density at radius 1 is 1.07 bits per heavy atom. The average molecular weight is 427 g/mol. The summed E-state index contributed by atoms with van der Waals surface area (Å²) in [6.45, 7) is 1.63. The van der Waals surface area contributed by atoms with Gasteiger partial charge in [0, 0.05) is 13.1 Å². The first-order chi connectivity index (χ1) is 13.5. The molecule has 3 rings (SSSR count). The van der Waals surface area contributed by atoms with Crippen LogP contribution in [0.5, 0.6) is 0 Å². The number of sulfonamides is 1. The van der Waals surface area contributed by atoms with Crippen LogP contribution in [0.4, 0.5) is 13.2 Å². The molecule has 2 aromatic rings. The summed E-state index contributed by atoms with van der Waals surface area (Å²) >= 11 is 0. The minimum atomic E-state index is -4.59. The Labute approximate surface area is 166 Å². The van der Waals surface area contributed by atoms with Gasteiger partial charge in [0.2, 0.25) is 10.0 Å². The molecular formula is C20H20F3NO4S. The van der Waals surface area contributed by atoms with Crippen molar-refractivity contribution in [2.45, 2.75) is 36.3 Å². The molecule has 0 unspecified atom stereocenters. The number of carboxylic acids is 1. The van der Waals surface area contributed by atoms with Gasteiger partial charge in [-0.1, -0.05) is 35.9 Å². The highest BCUT2D eigenvalue weighted by molar-refractivity contribution is 7.89. The first-order valence-electron chi connectivity index (χ1n) is 8.95. The Kier molecular flexibility index (Phi) is 5.48. The van der Waals surface area contributed by atoms with Gasteiger partial charge in [0.1, 0.15) is 0 Å². The second kappa shape index (κ2) is 7.46. The molecule has 0 spiro atoms. The normalized spacial score (nSPS) is 17.8. The summed E-state index contributed by atoms with van der Waals surface area (Å²) in [5.41, 5.74) is -1.56. The van der Waals surface area contributed by atoms with Gasteiger partial charge in [-0.15, -0.1) is 0 Å². The first-order valence-corrected chi connectivity index (χ1v) is 10.4. The third-order valence-corrected chi connectivity index (χ3v) is 7.30. The highest BCUT2D eigenvalue weighted by Crippen LogP contribution is 2.40. The summed E-state index contributed by atoms with van der Waals surface area (Å²) in [5.74, 6) is -1.26. The van der Waals surface area contributed by atoms with Crippen molar-refractivity contribution in [2.24, 2.45) is 0 Å².